The zero-order chi connectivity index (χ0) is 20.8. The van der Waals surface area contributed by atoms with Gasteiger partial charge in [0.25, 0.3) is 5.91 Å². The summed E-state index contributed by atoms with van der Waals surface area (Å²) >= 11 is 0. The van der Waals surface area contributed by atoms with E-state index in [-0.39, 0.29) is 11.9 Å². The molecule has 1 unspecified atom stereocenters. The number of hydrogen-bond donors (Lipinski definition) is 2. The maximum atomic E-state index is 12.7. The number of benzene rings is 3. The molecule has 29 heavy (non-hydrogen) atoms. The predicted molar refractivity (Wildman–Crippen MR) is 116 cm³/mol. The van der Waals surface area contributed by atoms with E-state index in [4.69, 9.17) is 9.47 Å². The first kappa shape index (κ1) is 20.7. The molecule has 0 spiro atoms. The number of methoxy groups -OCH3 is 2. The summed E-state index contributed by atoms with van der Waals surface area (Å²) in [5.41, 5.74) is 2.14. The van der Waals surface area contributed by atoms with Crippen LogP contribution in [0.25, 0.3) is 10.8 Å². The van der Waals surface area contributed by atoms with Gasteiger partial charge in [-0.05, 0) is 35.4 Å². The highest BCUT2D eigenvalue weighted by Gasteiger charge is 2.18. The Morgan fingerprint density at radius 3 is 2.48 bits per heavy atom. The van der Waals surface area contributed by atoms with Crippen LogP contribution in [0.4, 0.5) is 0 Å². The topological polar surface area (TPSA) is 52.0 Å². The minimum Gasteiger partial charge on any atom is -0.493 e. The lowest BCUT2D eigenvalue weighted by molar-refractivity contribution is -0.885. The third kappa shape index (κ3) is 4.87. The highest BCUT2D eigenvalue weighted by Crippen LogP contribution is 2.30. The minimum absolute atomic E-state index is 0.0183. The maximum absolute atomic E-state index is 12.7. The van der Waals surface area contributed by atoms with Crippen molar-refractivity contribution in [2.45, 2.75) is 19.5 Å². The summed E-state index contributed by atoms with van der Waals surface area (Å²) in [6.45, 7) is 3.06. The van der Waals surface area contributed by atoms with Crippen molar-refractivity contribution in [3.05, 3.63) is 71.8 Å². The number of ether oxygens (including phenoxy) is 2. The lowest BCUT2D eigenvalue weighted by Crippen LogP contribution is -3.08. The predicted octanol–water partition coefficient (Wildman–Crippen LogP) is 2.75. The molecule has 0 aromatic heterocycles. The second kappa shape index (κ2) is 9.43. The van der Waals surface area contributed by atoms with E-state index in [0.29, 0.717) is 18.8 Å². The molecular formula is C24H29N2O3+. The Kier molecular flexibility index (Phi) is 6.73. The molecule has 2 N–H and O–H groups in total. The minimum atomic E-state index is -0.0623. The second-order valence-corrected chi connectivity index (χ2v) is 7.32. The van der Waals surface area contributed by atoms with E-state index in [2.05, 4.69) is 29.6 Å². The quantitative estimate of drug-likeness (QED) is 0.619. The summed E-state index contributed by atoms with van der Waals surface area (Å²) in [5.74, 6) is 1.44. The Morgan fingerprint density at radius 2 is 1.72 bits per heavy atom. The monoisotopic (exact) mass is 393 g/mol. The summed E-state index contributed by atoms with van der Waals surface area (Å²) in [5, 5.41) is 5.49. The van der Waals surface area contributed by atoms with E-state index in [0.717, 1.165) is 21.8 Å². The Morgan fingerprint density at radius 1 is 1.00 bits per heavy atom. The molecule has 0 fully saturated rings. The fourth-order valence-corrected chi connectivity index (χ4v) is 3.75. The number of nitrogens with one attached hydrogen (secondary N) is 2. The number of rotatable bonds is 8. The molecule has 0 heterocycles. The van der Waals surface area contributed by atoms with Gasteiger partial charge in [-0.2, -0.15) is 0 Å². The van der Waals surface area contributed by atoms with Crippen LogP contribution in [-0.4, -0.2) is 33.7 Å². The first-order chi connectivity index (χ1) is 14.0. The third-order valence-electron chi connectivity index (χ3n) is 5.11. The van der Waals surface area contributed by atoms with Crippen molar-refractivity contribution in [1.29, 1.82) is 0 Å². The van der Waals surface area contributed by atoms with Crippen molar-refractivity contribution in [3.63, 3.8) is 0 Å². The zero-order valence-corrected chi connectivity index (χ0v) is 17.5. The Bertz CT molecular complexity index is 982. The van der Waals surface area contributed by atoms with Gasteiger partial charge in [0.15, 0.2) is 18.0 Å². The van der Waals surface area contributed by atoms with E-state index in [1.165, 1.54) is 10.8 Å². The normalized spacial score (nSPS) is 13.0. The van der Waals surface area contributed by atoms with Gasteiger partial charge in [-0.3, -0.25) is 4.79 Å². The SMILES string of the molecule is COc1cccc(C[NH+](C)CC(=O)N[C@H](C)c2cccc3ccccc23)c1OC. The van der Waals surface area contributed by atoms with Gasteiger partial charge in [0.05, 0.1) is 32.9 Å². The van der Waals surface area contributed by atoms with Crippen LogP contribution in [-0.2, 0) is 11.3 Å². The van der Waals surface area contributed by atoms with Crippen LogP contribution < -0.4 is 19.7 Å². The van der Waals surface area contributed by atoms with Gasteiger partial charge in [0.2, 0.25) is 0 Å². The van der Waals surface area contributed by atoms with E-state index < -0.39 is 0 Å². The second-order valence-electron chi connectivity index (χ2n) is 7.32. The largest absolute Gasteiger partial charge is 0.493 e. The Hall–Kier alpha value is -3.05. The molecule has 0 radical (unpaired) electrons. The highest BCUT2D eigenvalue weighted by atomic mass is 16.5. The highest BCUT2D eigenvalue weighted by molar-refractivity contribution is 5.87. The maximum Gasteiger partial charge on any atom is 0.275 e. The summed E-state index contributed by atoms with van der Waals surface area (Å²) < 4.78 is 10.9. The number of para-hydroxylation sites is 1. The van der Waals surface area contributed by atoms with Gasteiger partial charge in [0.1, 0.15) is 6.54 Å². The van der Waals surface area contributed by atoms with Gasteiger partial charge in [-0.15, -0.1) is 0 Å². The van der Waals surface area contributed by atoms with E-state index in [1.807, 2.05) is 50.4 Å². The molecule has 0 aliphatic carbocycles. The molecule has 0 aliphatic heterocycles. The molecular weight excluding hydrogens is 364 g/mol. The number of quaternary nitrogens is 1. The van der Waals surface area contributed by atoms with Crippen LogP contribution in [0, 0.1) is 0 Å². The van der Waals surface area contributed by atoms with Crippen LogP contribution in [0.3, 0.4) is 0 Å². The van der Waals surface area contributed by atoms with Crippen molar-refractivity contribution in [1.82, 2.24) is 5.32 Å². The van der Waals surface area contributed by atoms with Crippen LogP contribution in [0.15, 0.2) is 60.7 Å². The Balaban J connectivity index is 1.65. The first-order valence-electron chi connectivity index (χ1n) is 9.81. The van der Waals surface area contributed by atoms with Gasteiger partial charge in [0, 0.05) is 0 Å². The number of likely N-dealkylation sites (N-methyl/N-ethyl adjacent to an activating group) is 1. The number of hydrogen-bond acceptors (Lipinski definition) is 3. The number of carbonyl (C=O) groups is 1. The molecule has 5 heteroatoms. The Labute approximate surface area is 172 Å². The summed E-state index contributed by atoms with van der Waals surface area (Å²) in [6, 6.07) is 20.2. The van der Waals surface area contributed by atoms with Crippen LogP contribution >= 0.6 is 0 Å². The van der Waals surface area contributed by atoms with Crippen molar-refractivity contribution in [2.75, 3.05) is 27.8 Å². The standard InChI is InChI=1S/C24H28N2O3/c1-17(20-13-7-10-18-9-5-6-12-21(18)20)25-23(27)16-26(2)15-19-11-8-14-22(28-3)24(19)29-4/h5-14,17H,15-16H2,1-4H3,(H,25,27)/p+1/t17-/m1/s1. The van der Waals surface area contributed by atoms with Crippen LogP contribution in [0.5, 0.6) is 11.5 Å². The molecule has 0 saturated carbocycles. The summed E-state index contributed by atoms with van der Waals surface area (Å²) in [7, 11) is 5.26. The van der Waals surface area contributed by atoms with Crippen molar-refractivity contribution >= 4 is 16.7 Å². The molecule has 3 aromatic rings. The van der Waals surface area contributed by atoms with Crippen molar-refractivity contribution in [2.24, 2.45) is 0 Å². The fraction of sp³-hybridized carbons (Fsp3) is 0.292. The summed E-state index contributed by atoms with van der Waals surface area (Å²) in [6.07, 6.45) is 0. The van der Waals surface area contributed by atoms with Crippen LogP contribution in [0.1, 0.15) is 24.1 Å². The fourth-order valence-electron chi connectivity index (χ4n) is 3.75. The molecule has 3 aromatic carbocycles. The van der Waals surface area contributed by atoms with Crippen molar-refractivity contribution in [3.8, 4) is 11.5 Å². The molecule has 1 amide bonds. The lowest BCUT2D eigenvalue weighted by atomic mass is 10.00. The van der Waals surface area contributed by atoms with Gasteiger partial charge >= 0.3 is 0 Å². The van der Waals surface area contributed by atoms with E-state index in [9.17, 15) is 4.79 Å². The van der Waals surface area contributed by atoms with E-state index >= 15 is 0 Å². The zero-order valence-electron chi connectivity index (χ0n) is 17.5. The molecule has 3 rings (SSSR count). The number of fused-ring (bicyclic) bond motifs is 1. The number of carbonyl (C=O) groups excluding carboxylic acids is 1. The molecule has 152 valence electrons. The molecule has 0 saturated heterocycles. The lowest BCUT2D eigenvalue weighted by Gasteiger charge is -2.20. The van der Waals surface area contributed by atoms with Gasteiger partial charge in [-0.25, -0.2) is 0 Å². The smallest absolute Gasteiger partial charge is 0.275 e. The molecule has 0 aliphatic rings. The average molecular weight is 394 g/mol. The van der Waals surface area contributed by atoms with Crippen LogP contribution in [0.2, 0.25) is 0 Å². The van der Waals surface area contributed by atoms with E-state index in [1.54, 1.807) is 14.2 Å². The van der Waals surface area contributed by atoms with Crippen molar-refractivity contribution < 1.29 is 19.2 Å². The van der Waals surface area contributed by atoms with Gasteiger partial charge < -0.3 is 19.7 Å². The molecule has 0 bridgehead atoms. The molecule has 5 nitrogen and oxygen atoms in total. The number of amides is 1. The molecule has 2 atom stereocenters. The first-order valence-corrected chi connectivity index (χ1v) is 9.81. The summed E-state index contributed by atoms with van der Waals surface area (Å²) in [4.78, 5) is 13.7. The average Bonchev–Trinajstić information content (AvgIpc) is 2.72. The third-order valence-corrected chi connectivity index (χ3v) is 5.11. The van der Waals surface area contributed by atoms with Gasteiger partial charge in [-0.1, -0.05) is 48.5 Å².